The Morgan fingerprint density at radius 2 is 2.14 bits per heavy atom. The molecule has 0 amide bonds. The van der Waals surface area contributed by atoms with Gasteiger partial charge in [-0.2, -0.15) is 0 Å². The van der Waals surface area contributed by atoms with Crippen LogP contribution in [0.25, 0.3) is 0 Å². The number of nitrogens with zero attached hydrogens (tertiary/aromatic N) is 1. The van der Waals surface area contributed by atoms with Crippen molar-refractivity contribution < 1.29 is 9.53 Å². The zero-order chi connectivity index (χ0) is 14.8. The molecule has 0 atom stereocenters. The number of hydrogen-bond acceptors (Lipinski definition) is 4. The lowest BCUT2D eigenvalue weighted by atomic mass is 10.1. The van der Waals surface area contributed by atoms with Gasteiger partial charge in [0, 0.05) is 11.1 Å². The summed E-state index contributed by atoms with van der Waals surface area (Å²) in [5, 5.41) is 0.773. The number of thiophene rings is 1. The van der Waals surface area contributed by atoms with Gasteiger partial charge in [-0.15, -0.1) is 11.3 Å². The first-order valence-corrected chi connectivity index (χ1v) is 7.85. The molecule has 0 N–H and O–H groups in total. The fourth-order valence-corrected chi connectivity index (χ4v) is 3.87. The lowest BCUT2D eigenvalue weighted by molar-refractivity contribution is 0.0601. The molecule has 21 heavy (non-hydrogen) atoms. The fourth-order valence-electron chi connectivity index (χ4n) is 2.65. The minimum absolute atomic E-state index is 0.272. The zero-order valence-electron chi connectivity index (χ0n) is 12.2. The van der Waals surface area contributed by atoms with E-state index in [9.17, 15) is 4.79 Å². The van der Waals surface area contributed by atoms with E-state index in [-0.39, 0.29) is 5.97 Å². The SMILES string of the molecule is COC(=O)c1c(N=Cc2ccccc2C)sc2c1CCC2. The van der Waals surface area contributed by atoms with Gasteiger partial charge in [0.2, 0.25) is 0 Å². The van der Waals surface area contributed by atoms with Crippen molar-refractivity contribution in [1.82, 2.24) is 0 Å². The molecule has 0 spiro atoms. The molecule has 4 heteroatoms. The standard InChI is InChI=1S/C17H17NO2S/c1-11-6-3-4-7-12(11)10-18-16-15(17(19)20-2)13-8-5-9-14(13)21-16/h3-4,6-7,10H,5,8-9H2,1-2H3. The van der Waals surface area contributed by atoms with Crippen LogP contribution in [-0.2, 0) is 17.6 Å². The highest BCUT2D eigenvalue weighted by Crippen LogP contribution is 2.41. The Morgan fingerprint density at radius 1 is 1.33 bits per heavy atom. The molecule has 3 rings (SSSR count). The summed E-state index contributed by atoms with van der Waals surface area (Å²) in [5.41, 5.74) is 4.05. The fraction of sp³-hybridized carbons (Fsp3) is 0.294. The molecule has 0 saturated heterocycles. The topological polar surface area (TPSA) is 38.7 Å². The number of benzene rings is 1. The molecular formula is C17H17NO2S. The van der Waals surface area contributed by atoms with E-state index in [0.29, 0.717) is 5.56 Å². The van der Waals surface area contributed by atoms with Crippen molar-refractivity contribution in [1.29, 1.82) is 0 Å². The molecule has 0 saturated carbocycles. The second-order valence-corrected chi connectivity index (χ2v) is 6.23. The highest BCUT2D eigenvalue weighted by atomic mass is 32.1. The van der Waals surface area contributed by atoms with Crippen LogP contribution in [0.15, 0.2) is 29.3 Å². The number of ether oxygens (including phenoxy) is 1. The van der Waals surface area contributed by atoms with Crippen LogP contribution in [0.3, 0.4) is 0 Å². The summed E-state index contributed by atoms with van der Waals surface area (Å²) >= 11 is 1.62. The Bertz CT molecular complexity index is 716. The van der Waals surface area contributed by atoms with Crippen LogP contribution in [0, 0.1) is 6.92 Å². The molecule has 1 aliphatic carbocycles. The van der Waals surface area contributed by atoms with Crippen LogP contribution >= 0.6 is 11.3 Å². The number of aliphatic imine (C=N–C) groups is 1. The molecule has 1 aliphatic rings. The molecule has 0 fully saturated rings. The maximum atomic E-state index is 12.0. The first-order chi connectivity index (χ1) is 10.2. The Morgan fingerprint density at radius 3 is 2.90 bits per heavy atom. The molecule has 0 unspecified atom stereocenters. The van der Waals surface area contributed by atoms with Crippen molar-refractivity contribution >= 4 is 28.5 Å². The normalized spacial score (nSPS) is 13.6. The lowest BCUT2D eigenvalue weighted by Crippen LogP contribution is -2.03. The minimum Gasteiger partial charge on any atom is -0.465 e. The summed E-state index contributed by atoms with van der Waals surface area (Å²) in [6.45, 7) is 2.05. The van der Waals surface area contributed by atoms with Gasteiger partial charge >= 0.3 is 5.97 Å². The molecule has 1 heterocycles. The van der Waals surface area contributed by atoms with Gasteiger partial charge in [0.05, 0.1) is 12.7 Å². The molecule has 0 bridgehead atoms. The summed E-state index contributed by atoms with van der Waals surface area (Å²) in [5.74, 6) is -0.272. The van der Waals surface area contributed by atoms with E-state index in [1.807, 2.05) is 24.4 Å². The molecule has 0 radical (unpaired) electrons. The van der Waals surface area contributed by atoms with E-state index in [4.69, 9.17) is 4.74 Å². The highest BCUT2D eigenvalue weighted by molar-refractivity contribution is 7.16. The average molecular weight is 299 g/mol. The second-order valence-electron chi connectivity index (χ2n) is 5.14. The number of esters is 1. The Kier molecular flexibility index (Phi) is 3.88. The van der Waals surface area contributed by atoms with E-state index < -0.39 is 0 Å². The Balaban J connectivity index is 2.00. The Hall–Kier alpha value is -1.94. The van der Waals surface area contributed by atoms with E-state index >= 15 is 0 Å². The third-order valence-corrected chi connectivity index (χ3v) is 5.00. The van der Waals surface area contributed by atoms with Crippen molar-refractivity contribution in [3.63, 3.8) is 0 Å². The number of methoxy groups -OCH3 is 1. The summed E-state index contributed by atoms with van der Waals surface area (Å²) in [6, 6.07) is 8.07. The van der Waals surface area contributed by atoms with Gasteiger partial charge in [-0.25, -0.2) is 9.79 Å². The predicted molar refractivity (Wildman–Crippen MR) is 86.1 cm³/mol. The van der Waals surface area contributed by atoms with Crippen LogP contribution in [0.5, 0.6) is 0 Å². The van der Waals surface area contributed by atoms with E-state index in [0.717, 1.165) is 35.4 Å². The van der Waals surface area contributed by atoms with E-state index in [1.54, 1.807) is 11.3 Å². The van der Waals surface area contributed by atoms with Gasteiger partial charge in [-0.3, -0.25) is 0 Å². The van der Waals surface area contributed by atoms with Crippen molar-refractivity contribution in [2.24, 2.45) is 4.99 Å². The maximum Gasteiger partial charge on any atom is 0.341 e. The molecule has 108 valence electrons. The molecular weight excluding hydrogens is 282 g/mol. The van der Waals surface area contributed by atoms with Gasteiger partial charge in [0.25, 0.3) is 0 Å². The number of aryl methyl sites for hydroxylation is 2. The van der Waals surface area contributed by atoms with Crippen molar-refractivity contribution in [3.8, 4) is 0 Å². The molecule has 1 aromatic carbocycles. The van der Waals surface area contributed by atoms with E-state index in [2.05, 4.69) is 18.0 Å². The van der Waals surface area contributed by atoms with E-state index in [1.165, 1.54) is 17.6 Å². The second kappa shape index (κ2) is 5.82. The smallest absolute Gasteiger partial charge is 0.341 e. The maximum absolute atomic E-state index is 12.0. The van der Waals surface area contributed by atoms with Crippen LogP contribution in [0.4, 0.5) is 5.00 Å². The number of carbonyl (C=O) groups excluding carboxylic acids is 1. The van der Waals surface area contributed by atoms with Crippen LogP contribution < -0.4 is 0 Å². The minimum atomic E-state index is -0.272. The largest absolute Gasteiger partial charge is 0.465 e. The molecule has 3 nitrogen and oxygen atoms in total. The van der Waals surface area contributed by atoms with Gasteiger partial charge in [-0.05, 0) is 42.9 Å². The summed E-state index contributed by atoms with van der Waals surface area (Å²) in [7, 11) is 1.43. The van der Waals surface area contributed by atoms with Crippen LogP contribution in [0.2, 0.25) is 0 Å². The van der Waals surface area contributed by atoms with Crippen molar-refractivity contribution in [2.75, 3.05) is 7.11 Å². The highest BCUT2D eigenvalue weighted by Gasteiger charge is 2.26. The first kappa shape index (κ1) is 14.0. The summed E-state index contributed by atoms with van der Waals surface area (Å²) in [6.07, 6.45) is 4.95. The van der Waals surface area contributed by atoms with Crippen LogP contribution in [0.1, 0.15) is 38.3 Å². The van der Waals surface area contributed by atoms with Crippen LogP contribution in [-0.4, -0.2) is 19.3 Å². The molecule has 0 aliphatic heterocycles. The Labute approximate surface area is 128 Å². The van der Waals surface area contributed by atoms with Crippen molar-refractivity contribution in [3.05, 3.63) is 51.4 Å². The number of carbonyl (C=O) groups is 1. The number of fused-ring (bicyclic) bond motifs is 1. The lowest BCUT2D eigenvalue weighted by Gasteiger charge is -2.01. The molecule has 2 aromatic rings. The van der Waals surface area contributed by atoms with Gasteiger partial charge in [0.15, 0.2) is 0 Å². The predicted octanol–water partition coefficient (Wildman–Crippen LogP) is 4.08. The summed E-state index contributed by atoms with van der Waals surface area (Å²) in [4.78, 5) is 17.9. The third kappa shape index (κ3) is 2.63. The number of hydrogen-bond donors (Lipinski definition) is 0. The monoisotopic (exact) mass is 299 g/mol. The zero-order valence-corrected chi connectivity index (χ0v) is 13.0. The summed E-state index contributed by atoms with van der Waals surface area (Å²) < 4.78 is 4.93. The quantitative estimate of drug-likeness (QED) is 0.632. The van der Waals surface area contributed by atoms with Gasteiger partial charge in [0.1, 0.15) is 5.00 Å². The first-order valence-electron chi connectivity index (χ1n) is 7.03. The number of rotatable bonds is 3. The third-order valence-electron chi connectivity index (χ3n) is 3.80. The molecule has 1 aromatic heterocycles. The average Bonchev–Trinajstić information content (AvgIpc) is 3.06. The van der Waals surface area contributed by atoms with Gasteiger partial charge < -0.3 is 4.74 Å². The van der Waals surface area contributed by atoms with Crippen molar-refractivity contribution in [2.45, 2.75) is 26.2 Å². The van der Waals surface area contributed by atoms with Gasteiger partial charge in [-0.1, -0.05) is 24.3 Å².